The molecule has 0 aromatic carbocycles. The SMILES string of the molecule is [CH-]=O.[CH-]=O.[CH-]=O.[CH3-].[Cr+6]. The summed E-state index contributed by atoms with van der Waals surface area (Å²) < 4.78 is 0. The Morgan fingerprint density at radius 1 is 0.625 bits per heavy atom. The maximum atomic E-state index is 7.75. The Kier molecular flexibility index (Phi) is 5990. The molecule has 8 heavy (non-hydrogen) atoms. The number of rotatable bonds is 0. The van der Waals surface area contributed by atoms with Crippen molar-refractivity contribution in [2.45, 2.75) is 0 Å². The van der Waals surface area contributed by atoms with Crippen LogP contribution in [0.15, 0.2) is 0 Å². The normalized spacial score (nSPS) is 1.50. The number of hydrogen-bond acceptors (Lipinski definition) is 3. The van der Waals surface area contributed by atoms with Crippen LogP contribution < -0.4 is 0 Å². The molecule has 4 heteroatoms. The zero-order valence-electron chi connectivity index (χ0n) is 4.37. The van der Waals surface area contributed by atoms with Gasteiger partial charge in [-0.1, -0.05) is 0 Å². The molecule has 0 saturated carbocycles. The van der Waals surface area contributed by atoms with Crippen molar-refractivity contribution in [3.05, 3.63) is 7.43 Å². The zero-order chi connectivity index (χ0) is 6.00. The smallest absolute Gasteiger partial charge is 0.545 e. The predicted octanol–water partition coefficient (Wildman–Crippen LogP) is -0.375. The minimum atomic E-state index is 0. The summed E-state index contributed by atoms with van der Waals surface area (Å²) >= 11 is 0. The van der Waals surface area contributed by atoms with Gasteiger partial charge >= 0.3 is 17.4 Å². The molecule has 0 fully saturated rings. The van der Waals surface area contributed by atoms with Gasteiger partial charge in [-0.15, -0.1) is 0 Å². The quantitative estimate of drug-likeness (QED) is 0.353. The van der Waals surface area contributed by atoms with Crippen LogP contribution in [0.2, 0.25) is 0 Å². The van der Waals surface area contributed by atoms with E-state index in [1.165, 1.54) is 0 Å². The van der Waals surface area contributed by atoms with Crippen LogP contribution in [-0.2, 0) is 31.7 Å². The van der Waals surface area contributed by atoms with Crippen LogP contribution >= 0.6 is 0 Å². The fourth-order valence-corrected chi connectivity index (χ4v) is 0. The van der Waals surface area contributed by atoms with Gasteiger partial charge in [-0.2, -0.15) is 0 Å². The summed E-state index contributed by atoms with van der Waals surface area (Å²) in [6, 6.07) is 0. The van der Waals surface area contributed by atoms with Crippen LogP contribution in [0.1, 0.15) is 0 Å². The summed E-state index contributed by atoms with van der Waals surface area (Å²) in [4.78, 5) is 23.2. The fourth-order valence-electron chi connectivity index (χ4n) is 0. The first kappa shape index (κ1) is 49.9. The maximum Gasteiger partial charge on any atom is 6.00 e. The third kappa shape index (κ3) is 546. The van der Waals surface area contributed by atoms with E-state index in [9.17, 15) is 0 Å². The minimum Gasteiger partial charge on any atom is -0.545 e. The van der Waals surface area contributed by atoms with Gasteiger partial charge in [0, 0.05) is 0 Å². The molecule has 0 rings (SSSR count). The van der Waals surface area contributed by atoms with E-state index in [1.807, 2.05) is 0 Å². The molecule has 0 aliphatic carbocycles. The molecule has 0 aromatic rings. The maximum absolute atomic E-state index is 7.75. The van der Waals surface area contributed by atoms with Crippen LogP contribution in [-0.4, -0.2) is 20.4 Å². The number of carbonyl (C=O) groups excluding carboxylic acids is 3. The predicted molar refractivity (Wildman–Crippen MR) is 26.7 cm³/mol. The Hall–Kier alpha value is -0.458. The first-order chi connectivity index (χ1) is 3.00. The molecule has 0 bridgehead atoms. The van der Waals surface area contributed by atoms with Crippen molar-refractivity contribution in [3.63, 3.8) is 0 Å². The molecule has 44 valence electrons. The average Bonchev–Trinajstić information content (AvgIpc) is 1.81. The second kappa shape index (κ2) is 960. The molecule has 0 atom stereocenters. The van der Waals surface area contributed by atoms with E-state index >= 15 is 0 Å². The molecule has 0 heterocycles. The van der Waals surface area contributed by atoms with Crippen LogP contribution in [0, 0.1) is 7.43 Å². The molecule has 0 aliphatic rings. The van der Waals surface area contributed by atoms with Crippen molar-refractivity contribution in [2.24, 2.45) is 0 Å². The summed E-state index contributed by atoms with van der Waals surface area (Å²) in [5, 5.41) is 0. The van der Waals surface area contributed by atoms with E-state index in [4.69, 9.17) is 14.4 Å². The Balaban J connectivity index is -0.00000000500. The molecule has 0 aromatic heterocycles. The first-order valence-corrected chi connectivity index (χ1v) is 0.707. The Morgan fingerprint density at radius 3 is 0.625 bits per heavy atom. The standard InChI is InChI=1S/3CHO.CH3.Cr/c3*1-2;;/h3*1H;1H3;/q4*-1;+6. The van der Waals surface area contributed by atoms with Crippen molar-refractivity contribution >= 4 is 20.4 Å². The Morgan fingerprint density at radius 2 is 0.625 bits per heavy atom. The van der Waals surface area contributed by atoms with Gasteiger partial charge < -0.3 is 21.8 Å². The average molecular weight is 154 g/mol. The van der Waals surface area contributed by atoms with Gasteiger partial charge in [0.2, 0.25) is 0 Å². The second-order valence-corrected chi connectivity index (χ2v) is 0. The summed E-state index contributed by atoms with van der Waals surface area (Å²) in [6.45, 7) is 9.75. The van der Waals surface area contributed by atoms with Gasteiger partial charge in [-0.25, -0.2) is 0 Å². The van der Waals surface area contributed by atoms with Crippen molar-refractivity contribution in [1.82, 2.24) is 0 Å². The first-order valence-electron chi connectivity index (χ1n) is 0.707. The van der Waals surface area contributed by atoms with E-state index in [0.29, 0.717) is 0 Å². The van der Waals surface area contributed by atoms with E-state index in [0.717, 1.165) is 0 Å². The Labute approximate surface area is 60.2 Å². The molecule has 0 amide bonds. The van der Waals surface area contributed by atoms with Gasteiger partial charge in [0.15, 0.2) is 0 Å². The molecule has 3 nitrogen and oxygen atoms in total. The molecule has 0 saturated heterocycles. The monoisotopic (exact) mass is 154 g/mol. The zero-order valence-corrected chi connectivity index (χ0v) is 5.64. The minimum absolute atomic E-state index is 0. The summed E-state index contributed by atoms with van der Waals surface area (Å²) in [5.41, 5.74) is 0. The van der Waals surface area contributed by atoms with Gasteiger partial charge in [0.05, 0.1) is 0 Å². The van der Waals surface area contributed by atoms with Crippen molar-refractivity contribution in [2.75, 3.05) is 0 Å². The van der Waals surface area contributed by atoms with E-state index < -0.39 is 0 Å². The van der Waals surface area contributed by atoms with Crippen molar-refractivity contribution < 1.29 is 31.7 Å². The van der Waals surface area contributed by atoms with Gasteiger partial charge in [0.25, 0.3) is 0 Å². The van der Waals surface area contributed by atoms with Gasteiger partial charge in [0.1, 0.15) is 0 Å². The van der Waals surface area contributed by atoms with Crippen LogP contribution in [0.5, 0.6) is 0 Å². The summed E-state index contributed by atoms with van der Waals surface area (Å²) in [7, 11) is 0. The van der Waals surface area contributed by atoms with Crippen LogP contribution in [0.3, 0.4) is 0 Å². The van der Waals surface area contributed by atoms with Crippen LogP contribution in [0.4, 0.5) is 0 Å². The van der Waals surface area contributed by atoms with Crippen molar-refractivity contribution in [1.29, 1.82) is 0 Å². The third-order valence-electron chi connectivity index (χ3n) is 0. The molecule has 0 aliphatic heterocycles. The molecule has 0 spiro atoms. The third-order valence-corrected chi connectivity index (χ3v) is 0. The number of hydrogen-bond donors (Lipinski definition) is 0. The molecular formula is C4H6CrO3+2. The van der Waals surface area contributed by atoms with Crippen molar-refractivity contribution in [3.8, 4) is 0 Å². The van der Waals surface area contributed by atoms with Gasteiger partial charge in [-0.3, -0.25) is 20.4 Å². The molecule has 0 N–H and O–H groups in total. The summed E-state index contributed by atoms with van der Waals surface area (Å²) in [6.07, 6.45) is 0. The topological polar surface area (TPSA) is 51.2 Å². The summed E-state index contributed by atoms with van der Waals surface area (Å²) in [5.74, 6) is 0. The second-order valence-electron chi connectivity index (χ2n) is 0. The van der Waals surface area contributed by atoms with E-state index in [2.05, 4.69) is 20.4 Å². The van der Waals surface area contributed by atoms with E-state index in [1.54, 1.807) is 0 Å². The van der Waals surface area contributed by atoms with E-state index in [-0.39, 0.29) is 24.8 Å². The molecular weight excluding hydrogens is 148 g/mol. The van der Waals surface area contributed by atoms with Gasteiger partial charge in [-0.05, 0) is 0 Å². The van der Waals surface area contributed by atoms with Crippen LogP contribution in [0.25, 0.3) is 0 Å². The largest absolute Gasteiger partial charge is 6.00 e. The Bertz CT molecular complexity index is 16.0. The molecule has 0 unspecified atom stereocenters. The molecule has 0 radical (unpaired) electrons. The fraction of sp³-hybridized carbons (Fsp3) is 0.